The normalized spacial score (nSPS) is 10.9. The maximum absolute atomic E-state index is 12.2. The summed E-state index contributed by atoms with van der Waals surface area (Å²) in [5.41, 5.74) is 5.28. The van der Waals surface area contributed by atoms with Crippen LogP contribution in [0.25, 0.3) is 6.08 Å². The highest BCUT2D eigenvalue weighted by Crippen LogP contribution is 2.30. The third-order valence-corrected chi connectivity index (χ3v) is 5.11. The number of allylic oxidation sites excluding steroid dienone is 1. The molecule has 0 N–H and O–H groups in total. The minimum atomic E-state index is -0.252. The summed E-state index contributed by atoms with van der Waals surface area (Å²) < 4.78 is 11.3. The van der Waals surface area contributed by atoms with Crippen molar-refractivity contribution in [2.24, 2.45) is 0 Å². The van der Waals surface area contributed by atoms with Crippen molar-refractivity contribution in [3.05, 3.63) is 107 Å². The van der Waals surface area contributed by atoms with Crippen LogP contribution in [-0.4, -0.2) is 13.1 Å². The fourth-order valence-corrected chi connectivity index (χ4v) is 3.46. The highest BCUT2D eigenvalue weighted by atomic mass is 16.5. The molecule has 31 heavy (non-hydrogen) atoms. The maximum atomic E-state index is 12.2. The molecule has 0 fully saturated rings. The molecule has 0 spiro atoms. The molecule has 0 aliphatic rings. The summed E-state index contributed by atoms with van der Waals surface area (Å²) in [6.45, 7) is 2.63. The molecule has 0 aliphatic heterocycles. The van der Waals surface area contributed by atoms with Gasteiger partial charge in [-0.3, -0.25) is 4.79 Å². The number of rotatable bonds is 10. The van der Waals surface area contributed by atoms with Gasteiger partial charge in [-0.05, 0) is 34.7 Å². The highest BCUT2D eigenvalue weighted by Gasteiger charge is 2.16. The van der Waals surface area contributed by atoms with Crippen molar-refractivity contribution < 1.29 is 14.3 Å². The lowest BCUT2D eigenvalue weighted by molar-refractivity contribution is -0.139. The van der Waals surface area contributed by atoms with Crippen LogP contribution in [0.4, 0.5) is 0 Å². The van der Waals surface area contributed by atoms with Crippen LogP contribution in [0.5, 0.6) is 5.75 Å². The number of benzene rings is 3. The molecule has 0 heterocycles. The Morgan fingerprint density at radius 1 is 0.935 bits per heavy atom. The van der Waals surface area contributed by atoms with E-state index in [-0.39, 0.29) is 12.4 Å². The van der Waals surface area contributed by atoms with Crippen LogP contribution >= 0.6 is 0 Å². The molecular weight excluding hydrogens is 384 g/mol. The maximum Gasteiger partial charge on any atom is 0.309 e. The standard InChI is InChI=1S/C28H30O3/c1-3-4-7-16-24-17-25(20-28(29)30-2)26(18-22-12-8-5-9-13-22)27(19-24)31-21-23-14-10-6-11-15-23/h5-17,19H,3-4,18,20-21H2,1-2H3/b16-7+. The summed E-state index contributed by atoms with van der Waals surface area (Å²) in [5.74, 6) is 0.559. The van der Waals surface area contributed by atoms with Crippen molar-refractivity contribution in [2.45, 2.75) is 39.2 Å². The zero-order chi connectivity index (χ0) is 21.9. The van der Waals surface area contributed by atoms with Crippen LogP contribution in [0.3, 0.4) is 0 Å². The van der Waals surface area contributed by atoms with Crippen LogP contribution < -0.4 is 4.74 Å². The zero-order valence-electron chi connectivity index (χ0n) is 18.3. The van der Waals surface area contributed by atoms with Crippen LogP contribution in [0, 0.1) is 0 Å². The van der Waals surface area contributed by atoms with Gasteiger partial charge in [0.15, 0.2) is 0 Å². The van der Waals surface area contributed by atoms with Gasteiger partial charge in [0, 0.05) is 12.0 Å². The Morgan fingerprint density at radius 2 is 1.61 bits per heavy atom. The van der Waals surface area contributed by atoms with Gasteiger partial charge in [0.25, 0.3) is 0 Å². The smallest absolute Gasteiger partial charge is 0.309 e. The van der Waals surface area contributed by atoms with Gasteiger partial charge in [-0.2, -0.15) is 0 Å². The van der Waals surface area contributed by atoms with E-state index in [0.717, 1.165) is 40.8 Å². The van der Waals surface area contributed by atoms with Gasteiger partial charge in [0.2, 0.25) is 0 Å². The molecule has 3 nitrogen and oxygen atoms in total. The largest absolute Gasteiger partial charge is 0.489 e. The molecule has 0 unspecified atom stereocenters. The fourth-order valence-electron chi connectivity index (χ4n) is 3.46. The number of ether oxygens (including phenoxy) is 2. The molecule has 3 aromatic rings. The number of carbonyl (C=O) groups excluding carboxylic acids is 1. The predicted octanol–water partition coefficient (Wildman–Crippen LogP) is 6.39. The third kappa shape index (κ3) is 6.85. The predicted molar refractivity (Wildman–Crippen MR) is 126 cm³/mol. The molecule has 0 saturated carbocycles. The van der Waals surface area contributed by atoms with Gasteiger partial charge in [-0.15, -0.1) is 0 Å². The highest BCUT2D eigenvalue weighted by molar-refractivity contribution is 5.74. The van der Waals surface area contributed by atoms with E-state index >= 15 is 0 Å². The second-order valence-corrected chi connectivity index (χ2v) is 7.54. The summed E-state index contributed by atoms with van der Waals surface area (Å²) in [5, 5.41) is 0. The number of carbonyl (C=O) groups is 1. The summed E-state index contributed by atoms with van der Waals surface area (Å²) >= 11 is 0. The van der Waals surface area contributed by atoms with Gasteiger partial charge in [0.1, 0.15) is 12.4 Å². The Morgan fingerprint density at radius 3 is 2.26 bits per heavy atom. The lowest BCUT2D eigenvalue weighted by Crippen LogP contribution is -2.10. The molecule has 0 aliphatic carbocycles. The van der Waals surface area contributed by atoms with Crippen molar-refractivity contribution >= 4 is 12.0 Å². The first-order chi connectivity index (χ1) is 15.2. The van der Waals surface area contributed by atoms with Crippen molar-refractivity contribution in [3.63, 3.8) is 0 Å². The molecule has 3 aromatic carbocycles. The average molecular weight is 415 g/mol. The molecule has 0 saturated heterocycles. The van der Waals surface area contributed by atoms with E-state index in [0.29, 0.717) is 13.0 Å². The first kappa shape index (κ1) is 22.4. The fraction of sp³-hybridized carbons (Fsp3) is 0.250. The Kier molecular flexibility index (Phi) is 8.48. The summed E-state index contributed by atoms with van der Waals surface area (Å²) in [7, 11) is 1.43. The summed E-state index contributed by atoms with van der Waals surface area (Å²) in [4.78, 5) is 12.2. The van der Waals surface area contributed by atoms with E-state index in [1.165, 1.54) is 12.7 Å². The van der Waals surface area contributed by atoms with E-state index < -0.39 is 0 Å². The lowest BCUT2D eigenvalue weighted by Gasteiger charge is -2.17. The molecule has 0 aromatic heterocycles. The van der Waals surface area contributed by atoms with E-state index in [4.69, 9.17) is 9.47 Å². The van der Waals surface area contributed by atoms with Gasteiger partial charge < -0.3 is 9.47 Å². The Balaban J connectivity index is 2.01. The van der Waals surface area contributed by atoms with Crippen molar-refractivity contribution in [3.8, 4) is 5.75 Å². The molecular formula is C28H30O3. The van der Waals surface area contributed by atoms with E-state index in [1.54, 1.807) is 0 Å². The number of hydrogen-bond acceptors (Lipinski definition) is 3. The number of methoxy groups -OCH3 is 1. The average Bonchev–Trinajstić information content (AvgIpc) is 2.81. The minimum absolute atomic E-state index is 0.218. The minimum Gasteiger partial charge on any atom is -0.489 e. The number of esters is 1. The van der Waals surface area contributed by atoms with Crippen molar-refractivity contribution in [1.82, 2.24) is 0 Å². The number of hydrogen-bond donors (Lipinski definition) is 0. The Labute approximate surface area is 185 Å². The lowest BCUT2D eigenvalue weighted by atomic mass is 9.94. The molecule has 0 atom stereocenters. The van der Waals surface area contributed by atoms with Crippen molar-refractivity contribution in [2.75, 3.05) is 7.11 Å². The zero-order valence-corrected chi connectivity index (χ0v) is 18.3. The monoisotopic (exact) mass is 414 g/mol. The van der Waals surface area contributed by atoms with Crippen molar-refractivity contribution in [1.29, 1.82) is 0 Å². The van der Waals surface area contributed by atoms with E-state index in [1.807, 2.05) is 36.4 Å². The topological polar surface area (TPSA) is 35.5 Å². The summed E-state index contributed by atoms with van der Waals surface area (Å²) in [6.07, 6.45) is 7.28. The van der Waals surface area contributed by atoms with Crippen LogP contribution in [0.15, 0.2) is 78.9 Å². The number of unbranched alkanes of at least 4 members (excludes halogenated alkanes) is 1. The van der Waals surface area contributed by atoms with Crippen LogP contribution in [-0.2, 0) is 29.0 Å². The molecule has 0 radical (unpaired) electrons. The molecule has 160 valence electrons. The molecule has 3 rings (SSSR count). The van der Waals surface area contributed by atoms with Gasteiger partial charge in [-0.1, -0.05) is 92.2 Å². The summed E-state index contributed by atoms with van der Waals surface area (Å²) in [6, 6.07) is 24.5. The van der Waals surface area contributed by atoms with Crippen LogP contribution in [0.1, 0.15) is 47.6 Å². The SMILES string of the molecule is CCC/C=C/c1cc(CC(=O)OC)c(Cc2ccccc2)c(OCc2ccccc2)c1. The second kappa shape index (κ2) is 11.8. The van der Waals surface area contributed by atoms with Gasteiger partial charge >= 0.3 is 5.97 Å². The molecule has 0 bridgehead atoms. The Bertz CT molecular complexity index is 992. The van der Waals surface area contributed by atoms with Crippen LogP contribution in [0.2, 0.25) is 0 Å². The van der Waals surface area contributed by atoms with E-state index in [2.05, 4.69) is 55.5 Å². The van der Waals surface area contributed by atoms with Gasteiger partial charge in [-0.25, -0.2) is 0 Å². The first-order valence-corrected chi connectivity index (χ1v) is 10.8. The van der Waals surface area contributed by atoms with Gasteiger partial charge in [0.05, 0.1) is 13.5 Å². The Hall–Kier alpha value is -3.33. The molecule has 3 heteroatoms. The van der Waals surface area contributed by atoms with E-state index in [9.17, 15) is 4.79 Å². The second-order valence-electron chi connectivity index (χ2n) is 7.54. The third-order valence-electron chi connectivity index (χ3n) is 5.11. The molecule has 0 amide bonds. The first-order valence-electron chi connectivity index (χ1n) is 10.8. The quantitative estimate of drug-likeness (QED) is 0.361.